The van der Waals surface area contributed by atoms with Gasteiger partial charge < -0.3 is 9.84 Å². The predicted octanol–water partition coefficient (Wildman–Crippen LogP) is 4.76. The summed E-state index contributed by atoms with van der Waals surface area (Å²) in [5.74, 6) is 1.90. The first-order valence-electron chi connectivity index (χ1n) is 11.0. The van der Waals surface area contributed by atoms with Crippen molar-refractivity contribution in [2.45, 2.75) is 78.2 Å². The SMILES string of the molecule is CC(=O)OC1CCC2(C)C(=CCC3C2CCC2(C)C(C(=O)/C=C/O)CCC32)C1.[Na]. The van der Waals surface area contributed by atoms with Gasteiger partial charge in [-0.2, -0.15) is 0 Å². The predicted molar refractivity (Wildman–Crippen MR) is 113 cm³/mol. The minimum absolute atomic E-state index is 0. The number of carbonyl (C=O) groups is 2. The van der Waals surface area contributed by atoms with Gasteiger partial charge in [0, 0.05) is 54.9 Å². The number of carbonyl (C=O) groups excluding carboxylic acids is 2. The van der Waals surface area contributed by atoms with Gasteiger partial charge in [0.1, 0.15) is 6.10 Å². The van der Waals surface area contributed by atoms with Gasteiger partial charge in [0.15, 0.2) is 5.78 Å². The van der Waals surface area contributed by atoms with Crippen LogP contribution in [0, 0.1) is 34.5 Å². The summed E-state index contributed by atoms with van der Waals surface area (Å²) in [6, 6.07) is 0. The molecule has 0 aromatic carbocycles. The summed E-state index contributed by atoms with van der Waals surface area (Å²) < 4.78 is 5.53. The van der Waals surface area contributed by atoms with Crippen LogP contribution in [0.15, 0.2) is 24.0 Å². The molecule has 0 aliphatic heterocycles. The quantitative estimate of drug-likeness (QED) is 0.240. The van der Waals surface area contributed by atoms with Crippen molar-refractivity contribution in [3.8, 4) is 0 Å². The largest absolute Gasteiger partial charge is 0.515 e. The zero-order valence-electron chi connectivity index (χ0n) is 18.4. The summed E-state index contributed by atoms with van der Waals surface area (Å²) in [7, 11) is 0. The molecule has 0 bridgehead atoms. The van der Waals surface area contributed by atoms with Crippen molar-refractivity contribution in [2.75, 3.05) is 0 Å². The molecule has 4 nitrogen and oxygen atoms in total. The smallest absolute Gasteiger partial charge is 0.302 e. The van der Waals surface area contributed by atoms with Crippen LogP contribution >= 0.6 is 0 Å². The second-order valence-electron chi connectivity index (χ2n) is 10.1. The molecular formula is C24H34NaO4. The molecule has 7 atom stereocenters. The number of aliphatic hydroxyl groups excluding tert-OH is 1. The number of ketones is 1. The molecule has 0 amide bonds. The van der Waals surface area contributed by atoms with E-state index in [1.54, 1.807) is 0 Å². The molecule has 4 rings (SSSR count). The minimum atomic E-state index is -0.171. The molecule has 0 aromatic rings. The van der Waals surface area contributed by atoms with Crippen LogP contribution in [0.4, 0.5) is 0 Å². The van der Waals surface area contributed by atoms with Gasteiger partial charge in [0.05, 0.1) is 6.26 Å². The van der Waals surface area contributed by atoms with Crippen LogP contribution in [0.1, 0.15) is 72.1 Å². The Balaban J connectivity index is 0.00000240. The molecule has 0 heterocycles. The van der Waals surface area contributed by atoms with Crippen LogP contribution in [-0.2, 0) is 14.3 Å². The van der Waals surface area contributed by atoms with Gasteiger partial charge in [0.2, 0.25) is 0 Å². The van der Waals surface area contributed by atoms with Crippen molar-refractivity contribution >= 4 is 41.3 Å². The first-order chi connectivity index (χ1) is 13.3. The average molecular weight is 410 g/mol. The van der Waals surface area contributed by atoms with E-state index in [0.717, 1.165) is 51.2 Å². The summed E-state index contributed by atoms with van der Waals surface area (Å²) in [6.45, 7) is 6.27. The van der Waals surface area contributed by atoms with Crippen LogP contribution in [0.25, 0.3) is 0 Å². The second-order valence-corrected chi connectivity index (χ2v) is 10.1. The summed E-state index contributed by atoms with van der Waals surface area (Å²) in [6.07, 6.45) is 13.2. The maximum atomic E-state index is 12.6. The van der Waals surface area contributed by atoms with Gasteiger partial charge in [-0.15, -0.1) is 0 Å². The molecule has 5 heteroatoms. The van der Waals surface area contributed by atoms with Crippen molar-refractivity contribution in [3.05, 3.63) is 24.0 Å². The Morgan fingerprint density at radius 2 is 1.90 bits per heavy atom. The fraction of sp³-hybridized carbons (Fsp3) is 0.750. The summed E-state index contributed by atoms with van der Waals surface area (Å²) in [5.41, 5.74) is 1.78. The van der Waals surface area contributed by atoms with Crippen molar-refractivity contribution < 1.29 is 19.4 Å². The molecule has 4 aliphatic rings. The van der Waals surface area contributed by atoms with Gasteiger partial charge in [-0.1, -0.05) is 25.5 Å². The maximum absolute atomic E-state index is 12.6. The molecule has 4 aliphatic carbocycles. The zero-order valence-corrected chi connectivity index (χ0v) is 20.4. The van der Waals surface area contributed by atoms with Crippen LogP contribution in [0.5, 0.6) is 0 Å². The summed E-state index contributed by atoms with van der Waals surface area (Å²) in [4.78, 5) is 24.0. The Kier molecular flexibility index (Phi) is 6.78. The van der Waals surface area contributed by atoms with E-state index in [9.17, 15) is 9.59 Å². The average Bonchev–Trinajstić information content (AvgIpc) is 2.99. The van der Waals surface area contributed by atoms with Gasteiger partial charge >= 0.3 is 5.97 Å². The first-order valence-corrected chi connectivity index (χ1v) is 11.0. The van der Waals surface area contributed by atoms with Crippen molar-refractivity contribution in [1.82, 2.24) is 0 Å². The van der Waals surface area contributed by atoms with E-state index in [-0.39, 0.29) is 64.2 Å². The van der Waals surface area contributed by atoms with Gasteiger partial charge in [-0.3, -0.25) is 9.59 Å². The Bertz CT molecular complexity index is 728. The monoisotopic (exact) mass is 409 g/mol. The molecule has 3 saturated carbocycles. The molecule has 0 spiro atoms. The van der Waals surface area contributed by atoms with E-state index >= 15 is 0 Å². The Morgan fingerprint density at radius 1 is 1.14 bits per heavy atom. The third-order valence-corrected chi connectivity index (χ3v) is 8.97. The number of esters is 1. The molecule has 1 N–H and O–H groups in total. The van der Waals surface area contributed by atoms with Gasteiger partial charge in [-0.25, -0.2) is 0 Å². The van der Waals surface area contributed by atoms with E-state index in [2.05, 4.69) is 19.9 Å². The third-order valence-electron chi connectivity index (χ3n) is 8.97. The topological polar surface area (TPSA) is 63.6 Å². The van der Waals surface area contributed by atoms with Crippen LogP contribution < -0.4 is 0 Å². The number of hydrogen-bond donors (Lipinski definition) is 1. The van der Waals surface area contributed by atoms with E-state index < -0.39 is 0 Å². The number of ether oxygens (including phenoxy) is 1. The molecular weight excluding hydrogens is 375 g/mol. The number of rotatable bonds is 3. The normalized spacial score (nSPS) is 43.4. The van der Waals surface area contributed by atoms with Crippen molar-refractivity contribution in [1.29, 1.82) is 0 Å². The van der Waals surface area contributed by atoms with Crippen molar-refractivity contribution in [3.63, 3.8) is 0 Å². The third kappa shape index (κ3) is 3.78. The van der Waals surface area contributed by atoms with E-state index in [0.29, 0.717) is 17.8 Å². The van der Waals surface area contributed by atoms with Crippen molar-refractivity contribution in [2.24, 2.45) is 34.5 Å². The summed E-state index contributed by atoms with van der Waals surface area (Å²) >= 11 is 0. The number of allylic oxidation sites excluding steroid dienone is 2. The van der Waals surface area contributed by atoms with E-state index in [1.807, 2.05) is 0 Å². The summed E-state index contributed by atoms with van der Waals surface area (Å²) in [5, 5.41) is 9.06. The molecule has 155 valence electrons. The van der Waals surface area contributed by atoms with Gasteiger partial charge in [0.25, 0.3) is 0 Å². The fourth-order valence-electron chi connectivity index (χ4n) is 7.62. The Labute approximate surface area is 196 Å². The van der Waals surface area contributed by atoms with Crippen LogP contribution in [0.3, 0.4) is 0 Å². The Hall–Kier alpha value is -0.580. The molecule has 29 heavy (non-hydrogen) atoms. The molecule has 3 fully saturated rings. The van der Waals surface area contributed by atoms with Gasteiger partial charge in [-0.05, 0) is 73.5 Å². The molecule has 0 saturated heterocycles. The van der Waals surface area contributed by atoms with E-state index in [1.165, 1.54) is 25.0 Å². The molecule has 1 radical (unpaired) electrons. The minimum Gasteiger partial charge on any atom is -0.515 e. The Morgan fingerprint density at radius 3 is 2.59 bits per heavy atom. The molecule has 0 aromatic heterocycles. The maximum Gasteiger partial charge on any atom is 0.302 e. The fourth-order valence-corrected chi connectivity index (χ4v) is 7.62. The first kappa shape index (κ1) is 23.1. The van der Waals surface area contributed by atoms with Crippen LogP contribution in [0.2, 0.25) is 0 Å². The second kappa shape index (κ2) is 8.51. The number of hydrogen-bond acceptors (Lipinski definition) is 4. The van der Waals surface area contributed by atoms with Crippen LogP contribution in [-0.4, -0.2) is 52.5 Å². The number of fused-ring (bicyclic) bond motifs is 5. The van der Waals surface area contributed by atoms with E-state index in [4.69, 9.17) is 9.84 Å². The standard InChI is InChI=1S/C24H34O4.Na/c1-15(26)28-17-8-11-23(2)16(14-17)4-5-18-19-6-7-21(22(27)10-13-25)24(19,3)12-9-20(18)23;/h4,10,13,17-21,25H,5-9,11-12,14H2,1-3H3;/b13-10+;. The zero-order chi connectivity index (χ0) is 20.1. The molecule has 7 unspecified atom stereocenters. The number of aliphatic hydroxyl groups is 1.